The number of halogens is 1. The second-order valence-corrected chi connectivity index (χ2v) is 4.59. The first-order valence-electron chi connectivity index (χ1n) is 6.87. The van der Waals surface area contributed by atoms with Crippen molar-refractivity contribution in [3.8, 4) is 11.1 Å². The summed E-state index contributed by atoms with van der Waals surface area (Å²) in [5, 5.41) is 10.8. The summed E-state index contributed by atoms with van der Waals surface area (Å²) in [6.45, 7) is 9.77. The molecule has 0 saturated carbocycles. The Morgan fingerprint density at radius 1 is 1.19 bits per heavy atom. The summed E-state index contributed by atoms with van der Waals surface area (Å²) in [6.07, 6.45) is 0. The quantitative estimate of drug-likeness (QED) is 0.801. The van der Waals surface area contributed by atoms with Crippen LogP contribution in [0.2, 0.25) is 0 Å². The minimum Gasteiger partial charge on any atom is -0.478 e. The van der Waals surface area contributed by atoms with Gasteiger partial charge in [0, 0.05) is 16.5 Å². The average Bonchev–Trinajstić information content (AvgIpc) is 2.85. The Hall–Kier alpha value is -1.88. The molecule has 0 aliphatic heterocycles. The lowest BCUT2D eigenvalue weighted by Gasteiger charge is -2.04. The van der Waals surface area contributed by atoms with Gasteiger partial charge in [0.2, 0.25) is 0 Å². The second-order valence-electron chi connectivity index (χ2n) is 3.68. The molecule has 0 spiro atoms. The zero-order chi connectivity index (χ0) is 16.6. The summed E-state index contributed by atoms with van der Waals surface area (Å²) in [5.74, 6) is -1.58. The molecule has 21 heavy (non-hydrogen) atoms. The highest BCUT2D eigenvalue weighted by Crippen LogP contribution is 2.35. The van der Waals surface area contributed by atoms with E-state index in [1.165, 1.54) is 6.07 Å². The van der Waals surface area contributed by atoms with Crippen LogP contribution in [0.4, 0.5) is 9.39 Å². The van der Waals surface area contributed by atoms with E-state index in [0.29, 0.717) is 5.56 Å². The first-order valence-corrected chi connectivity index (χ1v) is 7.75. The minimum atomic E-state index is -1.14. The van der Waals surface area contributed by atoms with Gasteiger partial charge in [-0.15, -0.1) is 11.3 Å². The summed E-state index contributed by atoms with van der Waals surface area (Å²) in [4.78, 5) is 11.1. The summed E-state index contributed by atoms with van der Waals surface area (Å²) in [7, 11) is 0. The van der Waals surface area contributed by atoms with Gasteiger partial charge in [0.15, 0.2) is 0 Å². The lowest BCUT2D eigenvalue weighted by Crippen LogP contribution is -2.01. The third kappa shape index (κ3) is 4.56. The predicted molar refractivity (Wildman–Crippen MR) is 88.5 cm³/mol. The van der Waals surface area contributed by atoms with Gasteiger partial charge in [-0.1, -0.05) is 39.8 Å². The fourth-order valence-corrected chi connectivity index (χ4v) is 2.44. The van der Waals surface area contributed by atoms with Crippen molar-refractivity contribution in [2.75, 3.05) is 5.73 Å². The highest BCUT2D eigenvalue weighted by Gasteiger charge is 2.19. The molecule has 2 aromatic rings. The van der Waals surface area contributed by atoms with Crippen molar-refractivity contribution in [1.82, 2.24) is 0 Å². The van der Waals surface area contributed by atoms with Gasteiger partial charge in [0.1, 0.15) is 16.4 Å². The molecule has 0 atom stereocenters. The molecular weight excluding hydrogens is 289 g/mol. The summed E-state index contributed by atoms with van der Waals surface area (Å²) < 4.78 is 13.8. The van der Waals surface area contributed by atoms with Gasteiger partial charge in [0.25, 0.3) is 0 Å². The smallest absolute Gasteiger partial charge is 0.339 e. The monoisotopic (exact) mass is 311 g/mol. The van der Waals surface area contributed by atoms with Gasteiger partial charge >= 0.3 is 5.97 Å². The van der Waals surface area contributed by atoms with Gasteiger partial charge in [-0.25, -0.2) is 9.18 Å². The number of aromatic carboxylic acids is 1. The SMILES string of the molecule is CC.CC.Cc1ccc(-c2csc(N)c2C(=O)O)c(F)c1. The molecule has 1 aromatic carbocycles. The van der Waals surface area contributed by atoms with Crippen LogP contribution in [0.3, 0.4) is 0 Å². The van der Waals surface area contributed by atoms with Crippen molar-refractivity contribution >= 4 is 22.3 Å². The summed E-state index contributed by atoms with van der Waals surface area (Å²) >= 11 is 1.10. The molecule has 2 rings (SSSR count). The van der Waals surface area contributed by atoms with E-state index in [4.69, 9.17) is 10.8 Å². The Morgan fingerprint density at radius 3 is 2.24 bits per heavy atom. The van der Waals surface area contributed by atoms with E-state index < -0.39 is 11.8 Å². The molecule has 0 saturated heterocycles. The number of nitrogen functional groups attached to an aromatic ring is 1. The number of carbonyl (C=O) groups is 1. The maximum Gasteiger partial charge on any atom is 0.339 e. The van der Waals surface area contributed by atoms with Crippen molar-refractivity contribution in [2.45, 2.75) is 34.6 Å². The number of carboxylic acids is 1. The Bertz CT molecular complexity index is 594. The standard InChI is InChI=1S/C12H10FNO2S.2C2H6/c1-6-2-3-7(9(13)4-6)8-5-17-11(14)10(8)12(15)16;2*1-2/h2-5H,14H2,1H3,(H,15,16);2*1-2H3. The molecule has 0 bridgehead atoms. The van der Waals surface area contributed by atoms with Crippen molar-refractivity contribution in [2.24, 2.45) is 0 Å². The van der Waals surface area contributed by atoms with Crippen LogP contribution in [0, 0.1) is 12.7 Å². The highest BCUT2D eigenvalue weighted by molar-refractivity contribution is 7.14. The number of rotatable bonds is 2. The van der Waals surface area contributed by atoms with Crippen molar-refractivity contribution < 1.29 is 14.3 Å². The van der Waals surface area contributed by atoms with Crippen LogP contribution < -0.4 is 5.73 Å². The molecule has 0 unspecified atom stereocenters. The number of carboxylic acid groups (broad SMARTS) is 1. The number of hydrogen-bond donors (Lipinski definition) is 2. The molecule has 0 radical (unpaired) electrons. The molecule has 1 heterocycles. The molecule has 0 amide bonds. The fraction of sp³-hybridized carbons (Fsp3) is 0.312. The molecule has 0 fully saturated rings. The summed E-state index contributed by atoms with van der Waals surface area (Å²) in [6, 6.07) is 4.67. The van der Waals surface area contributed by atoms with Crippen LogP contribution >= 0.6 is 11.3 Å². The molecule has 116 valence electrons. The maximum absolute atomic E-state index is 13.8. The van der Waals surface area contributed by atoms with E-state index in [2.05, 4.69) is 0 Å². The number of anilines is 1. The molecule has 5 heteroatoms. The highest BCUT2D eigenvalue weighted by atomic mass is 32.1. The van der Waals surface area contributed by atoms with Crippen molar-refractivity contribution in [1.29, 1.82) is 0 Å². The van der Waals surface area contributed by atoms with Gasteiger partial charge in [0.05, 0.1) is 0 Å². The molecule has 0 aliphatic carbocycles. The van der Waals surface area contributed by atoms with Gasteiger partial charge < -0.3 is 10.8 Å². The molecular formula is C16H22FNO2S. The minimum absolute atomic E-state index is 0.0299. The van der Waals surface area contributed by atoms with Gasteiger partial charge in [-0.3, -0.25) is 0 Å². The Morgan fingerprint density at radius 2 is 1.76 bits per heavy atom. The van der Waals surface area contributed by atoms with E-state index in [9.17, 15) is 9.18 Å². The van der Waals surface area contributed by atoms with E-state index in [1.54, 1.807) is 24.4 Å². The van der Waals surface area contributed by atoms with E-state index >= 15 is 0 Å². The van der Waals surface area contributed by atoms with Crippen LogP contribution in [-0.4, -0.2) is 11.1 Å². The van der Waals surface area contributed by atoms with Crippen LogP contribution in [0.5, 0.6) is 0 Å². The Balaban J connectivity index is 0.000000921. The number of nitrogens with two attached hydrogens (primary N) is 1. The first kappa shape index (κ1) is 19.1. The zero-order valence-electron chi connectivity index (χ0n) is 13.0. The van der Waals surface area contributed by atoms with Crippen LogP contribution in [0.15, 0.2) is 23.6 Å². The van der Waals surface area contributed by atoms with Crippen LogP contribution in [0.1, 0.15) is 43.6 Å². The second kappa shape index (κ2) is 9.13. The Labute approximate surface area is 129 Å². The topological polar surface area (TPSA) is 63.3 Å². The third-order valence-electron chi connectivity index (χ3n) is 2.45. The fourth-order valence-electron chi connectivity index (χ4n) is 1.63. The normalized spacial score (nSPS) is 9.05. The largest absolute Gasteiger partial charge is 0.478 e. The van der Waals surface area contributed by atoms with E-state index in [0.717, 1.165) is 16.9 Å². The number of hydrogen-bond acceptors (Lipinski definition) is 3. The van der Waals surface area contributed by atoms with Gasteiger partial charge in [-0.05, 0) is 18.6 Å². The number of thiophene rings is 1. The summed E-state index contributed by atoms with van der Waals surface area (Å²) in [5.41, 5.74) is 6.92. The molecule has 0 aliphatic rings. The lowest BCUT2D eigenvalue weighted by atomic mass is 10.0. The number of benzene rings is 1. The van der Waals surface area contributed by atoms with Gasteiger partial charge in [-0.2, -0.15) is 0 Å². The van der Waals surface area contributed by atoms with Crippen molar-refractivity contribution in [3.63, 3.8) is 0 Å². The zero-order valence-corrected chi connectivity index (χ0v) is 13.8. The van der Waals surface area contributed by atoms with Crippen LogP contribution in [-0.2, 0) is 0 Å². The molecule has 3 N–H and O–H groups in total. The van der Waals surface area contributed by atoms with E-state index in [-0.39, 0.29) is 16.1 Å². The lowest BCUT2D eigenvalue weighted by molar-refractivity contribution is 0.0699. The Kier molecular flexibility index (Phi) is 8.31. The average molecular weight is 311 g/mol. The third-order valence-corrected chi connectivity index (χ3v) is 3.26. The van der Waals surface area contributed by atoms with E-state index in [1.807, 2.05) is 27.7 Å². The first-order chi connectivity index (χ1) is 10.0. The molecule has 1 aromatic heterocycles. The van der Waals surface area contributed by atoms with Crippen molar-refractivity contribution in [3.05, 3.63) is 40.5 Å². The number of aryl methyl sites for hydroxylation is 1. The maximum atomic E-state index is 13.8. The molecule has 3 nitrogen and oxygen atoms in total. The van der Waals surface area contributed by atoms with Crippen LogP contribution in [0.25, 0.3) is 11.1 Å². The predicted octanol–water partition coefficient (Wildman–Crippen LogP) is 5.20.